The van der Waals surface area contributed by atoms with Gasteiger partial charge in [-0.05, 0) is 44.0 Å². The third-order valence-electron chi connectivity index (χ3n) is 4.47. The fraction of sp³-hybridized carbons (Fsp3) is 0.286. The van der Waals surface area contributed by atoms with Crippen molar-refractivity contribution in [2.75, 3.05) is 25.6 Å². The molecule has 3 aromatic rings. The Balaban J connectivity index is 1.95. The molecule has 0 spiro atoms. The van der Waals surface area contributed by atoms with E-state index >= 15 is 0 Å². The summed E-state index contributed by atoms with van der Waals surface area (Å²) in [5.74, 6) is -0.552. The molecule has 146 valence electrons. The van der Waals surface area contributed by atoms with Gasteiger partial charge in [-0.1, -0.05) is 23.8 Å². The SMILES string of the molecule is COCCNC(=O)c1nc(C(=O)Nc2c(C)cc(C)cc2C)c2ccccn12. The van der Waals surface area contributed by atoms with Crippen molar-refractivity contribution in [3.05, 3.63) is 64.7 Å². The zero-order valence-electron chi connectivity index (χ0n) is 16.5. The van der Waals surface area contributed by atoms with E-state index in [1.165, 1.54) is 0 Å². The van der Waals surface area contributed by atoms with Crippen LogP contribution in [0.3, 0.4) is 0 Å². The summed E-state index contributed by atoms with van der Waals surface area (Å²) >= 11 is 0. The standard InChI is InChI=1S/C21H24N4O3/c1-13-11-14(2)17(15(3)12-13)24-20(26)18-16-7-5-6-9-25(16)19(23-18)21(27)22-8-10-28-4/h5-7,9,11-12H,8,10H2,1-4H3,(H,22,27)(H,24,26). The third kappa shape index (κ3) is 3.89. The van der Waals surface area contributed by atoms with Crippen LogP contribution in [0.5, 0.6) is 0 Å². The minimum atomic E-state index is -0.361. The number of carbonyl (C=O) groups is 2. The highest BCUT2D eigenvalue weighted by atomic mass is 16.5. The first kappa shape index (κ1) is 19.6. The first-order valence-electron chi connectivity index (χ1n) is 9.05. The number of nitrogens with one attached hydrogen (secondary N) is 2. The third-order valence-corrected chi connectivity index (χ3v) is 4.47. The zero-order chi connectivity index (χ0) is 20.3. The van der Waals surface area contributed by atoms with Crippen LogP contribution in [0, 0.1) is 20.8 Å². The molecule has 7 heteroatoms. The minimum Gasteiger partial charge on any atom is -0.383 e. The van der Waals surface area contributed by atoms with Crippen molar-refractivity contribution in [2.24, 2.45) is 0 Å². The van der Waals surface area contributed by atoms with Gasteiger partial charge in [-0.3, -0.25) is 14.0 Å². The first-order valence-corrected chi connectivity index (χ1v) is 9.05. The van der Waals surface area contributed by atoms with E-state index in [4.69, 9.17) is 4.74 Å². The van der Waals surface area contributed by atoms with E-state index in [0.29, 0.717) is 18.7 Å². The Morgan fingerprint density at radius 3 is 2.50 bits per heavy atom. The van der Waals surface area contributed by atoms with E-state index in [1.54, 1.807) is 29.8 Å². The lowest BCUT2D eigenvalue weighted by Crippen LogP contribution is -2.28. The van der Waals surface area contributed by atoms with Crippen molar-refractivity contribution in [3.8, 4) is 0 Å². The van der Waals surface area contributed by atoms with E-state index < -0.39 is 0 Å². The molecule has 0 atom stereocenters. The number of amides is 2. The average Bonchev–Trinajstić information content (AvgIpc) is 3.04. The predicted octanol–water partition coefficient (Wildman–Crippen LogP) is 2.89. The lowest BCUT2D eigenvalue weighted by Gasteiger charge is -2.12. The maximum atomic E-state index is 13.0. The van der Waals surface area contributed by atoms with Gasteiger partial charge in [0.15, 0.2) is 5.69 Å². The Labute approximate surface area is 163 Å². The van der Waals surface area contributed by atoms with Crippen molar-refractivity contribution in [1.29, 1.82) is 0 Å². The van der Waals surface area contributed by atoms with Crippen LogP contribution in [0.2, 0.25) is 0 Å². The predicted molar refractivity (Wildman–Crippen MR) is 108 cm³/mol. The fourth-order valence-corrected chi connectivity index (χ4v) is 3.26. The van der Waals surface area contributed by atoms with E-state index in [9.17, 15) is 9.59 Å². The molecule has 7 nitrogen and oxygen atoms in total. The number of methoxy groups -OCH3 is 1. The monoisotopic (exact) mass is 380 g/mol. The number of rotatable bonds is 6. The number of aromatic nitrogens is 2. The second kappa shape index (κ2) is 8.22. The molecule has 0 bridgehead atoms. The number of anilines is 1. The van der Waals surface area contributed by atoms with Crippen LogP contribution < -0.4 is 10.6 Å². The maximum absolute atomic E-state index is 13.0. The number of hydrogen-bond donors (Lipinski definition) is 2. The van der Waals surface area contributed by atoms with Gasteiger partial charge in [0.05, 0.1) is 12.1 Å². The quantitative estimate of drug-likeness (QED) is 0.644. The number of fused-ring (bicyclic) bond motifs is 1. The normalized spacial score (nSPS) is 10.9. The summed E-state index contributed by atoms with van der Waals surface area (Å²) < 4.78 is 6.57. The Morgan fingerprint density at radius 1 is 1.11 bits per heavy atom. The molecule has 28 heavy (non-hydrogen) atoms. The van der Waals surface area contributed by atoms with Crippen LogP contribution in [0.15, 0.2) is 36.5 Å². The summed E-state index contributed by atoms with van der Waals surface area (Å²) in [7, 11) is 1.56. The highest BCUT2D eigenvalue weighted by Gasteiger charge is 2.22. The van der Waals surface area contributed by atoms with Gasteiger partial charge in [-0.15, -0.1) is 0 Å². The summed E-state index contributed by atoms with van der Waals surface area (Å²) in [6, 6.07) is 9.40. The topological polar surface area (TPSA) is 84.7 Å². The molecule has 0 aliphatic carbocycles. The molecular weight excluding hydrogens is 356 g/mol. The molecule has 0 aliphatic heterocycles. The number of hydrogen-bond acceptors (Lipinski definition) is 4. The van der Waals surface area contributed by atoms with Crippen molar-refractivity contribution in [2.45, 2.75) is 20.8 Å². The van der Waals surface area contributed by atoms with Gasteiger partial charge < -0.3 is 15.4 Å². The summed E-state index contributed by atoms with van der Waals surface area (Å²) in [5, 5.41) is 5.69. The maximum Gasteiger partial charge on any atom is 0.287 e. The second-order valence-corrected chi connectivity index (χ2v) is 6.72. The smallest absolute Gasteiger partial charge is 0.287 e. The Hall–Kier alpha value is -3.19. The molecule has 0 aliphatic rings. The highest BCUT2D eigenvalue weighted by molar-refractivity contribution is 6.09. The largest absolute Gasteiger partial charge is 0.383 e. The Bertz CT molecular complexity index is 1020. The number of imidazole rings is 1. The molecule has 2 amide bonds. The van der Waals surface area contributed by atoms with Crippen molar-refractivity contribution in [3.63, 3.8) is 0 Å². The summed E-state index contributed by atoms with van der Waals surface area (Å²) in [6.45, 7) is 6.68. The number of pyridine rings is 1. The van der Waals surface area contributed by atoms with E-state index in [0.717, 1.165) is 22.4 Å². The van der Waals surface area contributed by atoms with Gasteiger partial charge in [0.2, 0.25) is 5.82 Å². The van der Waals surface area contributed by atoms with E-state index in [-0.39, 0.29) is 23.3 Å². The lowest BCUT2D eigenvalue weighted by atomic mass is 10.0. The van der Waals surface area contributed by atoms with Gasteiger partial charge in [0.1, 0.15) is 0 Å². The Morgan fingerprint density at radius 2 is 1.82 bits per heavy atom. The van der Waals surface area contributed by atoms with Crippen LogP contribution in [0.1, 0.15) is 37.8 Å². The summed E-state index contributed by atoms with van der Waals surface area (Å²) in [5.41, 5.74) is 4.63. The highest BCUT2D eigenvalue weighted by Crippen LogP contribution is 2.23. The van der Waals surface area contributed by atoms with Gasteiger partial charge in [0, 0.05) is 25.5 Å². The molecule has 2 heterocycles. The van der Waals surface area contributed by atoms with Gasteiger partial charge >= 0.3 is 0 Å². The fourth-order valence-electron chi connectivity index (χ4n) is 3.26. The van der Waals surface area contributed by atoms with Crippen molar-refractivity contribution < 1.29 is 14.3 Å². The first-order chi connectivity index (χ1) is 13.4. The number of aryl methyl sites for hydroxylation is 3. The van der Waals surface area contributed by atoms with Crippen LogP contribution in [-0.4, -0.2) is 41.5 Å². The number of nitrogens with zero attached hydrogens (tertiary/aromatic N) is 2. The van der Waals surface area contributed by atoms with Gasteiger partial charge in [0.25, 0.3) is 11.8 Å². The molecule has 0 saturated heterocycles. The molecule has 3 rings (SSSR count). The number of benzene rings is 1. The van der Waals surface area contributed by atoms with Crippen LogP contribution >= 0.6 is 0 Å². The van der Waals surface area contributed by atoms with E-state index in [2.05, 4.69) is 15.6 Å². The van der Waals surface area contributed by atoms with Crippen LogP contribution in [0.25, 0.3) is 5.52 Å². The van der Waals surface area contributed by atoms with Crippen molar-refractivity contribution >= 4 is 23.0 Å². The van der Waals surface area contributed by atoms with Crippen LogP contribution in [0.4, 0.5) is 5.69 Å². The van der Waals surface area contributed by atoms with Gasteiger partial charge in [-0.2, -0.15) is 0 Å². The van der Waals surface area contributed by atoms with E-state index in [1.807, 2.05) is 39.0 Å². The number of ether oxygens (including phenoxy) is 1. The summed E-state index contributed by atoms with van der Waals surface area (Å²) in [6.07, 6.45) is 1.72. The minimum absolute atomic E-state index is 0.161. The Kier molecular flexibility index (Phi) is 5.75. The molecule has 2 N–H and O–H groups in total. The molecule has 2 aromatic heterocycles. The molecule has 0 fully saturated rings. The molecule has 0 radical (unpaired) electrons. The average molecular weight is 380 g/mol. The van der Waals surface area contributed by atoms with Crippen LogP contribution in [-0.2, 0) is 4.74 Å². The molecule has 0 saturated carbocycles. The number of carbonyl (C=O) groups excluding carboxylic acids is 2. The zero-order valence-corrected chi connectivity index (χ0v) is 16.5. The molecule has 0 unspecified atom stereocenters. The summed E-state index contributed by atoms with van der Waals surface area (Å²) in [4.78, 5) is 29.8. The van der Waals surface area contributed by atoms with Gasteiger partial charge in [-0.25, -0.2) is 4.98 Å². The molecule has 1 aromatic carbocycles. The van der Waals surface area contributed by atoms with Crippen molar-refractivity contribution in [1.82, 2.24) is 14.7 Å². The lowest BCUT2D eigenvalue weighted by molar-refractivity contribution is 0.0926. The second-order valence-electron chi connectivity index (χ2n) is 6.72. The molecular formula is C21H24N4O3.